The van der Waals surface area contributed by atoms with Crippen LogP contribution in [-0.2, 0) is 11.3 Å². The van der Waals surface area contributed by atoms with Crippen molar-refractivity contribution in [3.8, 4) is 0 Å². The quantitative estimate of drug-likeness (QED) is 0.865. The average molecular weight is 342 g/mol. The number of nitrogens with zero attached hydrogens (tertiary/aromatic N) is 1. The number of piperidine rings is 1. The summed E-state index contributed by atoms with van der Waals surface area (Å²) >= 11 is 0. The highest BCUT2D eigenvalue weighted by Gasteiger charge is 2.21. The number of aromatic nitrogens is 1. The Morgan fingerprint density at radius 2 is 2.16 bits per heavy atom. The maximum atomic E-state index is 13.1. The van der Waals surface area contributed by atoms with Crippen LogP contribution in [0.15, 0.2) is 23.0 Å². The maximum absolute atomic E-state index is 13.1. The molecule has 1 saturated heterocycles. The molecule has 0 saturated carbocycles. The fraction of sp³-hybridized carbons (Fsp3) is 0.500. The predicted octanol–water partition coefficient (Wildman–Crippen LogP) is 3.39. The summed E-state index contributed by atoms with van der Waals surface area (Å²) in [4.78, 5) is 30.7. The number of rotatable bonds is 4. The number of nitrogens with one attached hydrogen (secondary N) is 1. The van der Waals surface area contributed by atoms with Gasteiger partial charge in [0.2, 0.25) is 0 Å². The molecule has 5 heteroatoms. The highest BCUT2D eigenvalue weighted by molar-refractivity contribution is 5.94. The van der Waals surface area contributed by atoms with Gasteiger partial charge in [-0.05, 0) is 58.4 Å². The molecule has 2 heterocycles. The predicted molar refractivity (Wildman–Crippen MR) is 99.0 cm³/mol. The van der Waals surface area contributed by atoms with Gasteiger partial charge in [0.25, 0.3) is 0 Å². The third-order valence-corrected chi connectivity index (χ3v) is 5.13. The molecular weight excluding hydrogens is 316 g/mol. The Labute approximate surface area is 148 Å². The molecule has 1 aliphatic heterocycles. The van der Waals surface area contributed by atoms with Crippen molar-refractivity contribution in [2.24, 2.45) is 0 Å². The first-order valence-electron chi connectivity index (χ1n) is 9.08. The van der Waals surface area contributed by atoms with Crippen LogP contribution >= 0.6 is 0 Å². The summed E-state index contributed by atoms with van der Waals surface area (Å²) in [5, 5.41) is 0.552. The average Bonchev–Trinajstić information content (AvgIpc) is 2.60. The Hall–Kier alpha value is -2.14. The summed E-state index contributed by atoms with van der Waals surface area (Å²) in [6, 6.07) is 5.62. The summed E-state index contributed by atoms with van der Waals surface area (Å²) in [5.41, 5.74) is 2.88. The number of aromatic amines is 1. The number of esters is 1. The number of hydrogen-bond acceptors (Lipinski definition) is 4. The minimum Gasteiger partial charge on any atom is -0.462 e. The number of pyridine rings is 1. The first kappa shape index (κ1) is 17.7. The Balaban J connectivity index is 2.00. The molecule has 1 atom stereocenters. The van der Waals surface area contributed by atoms with E-state index in [9.17, 15) is 9.59 Å². The molecule has 0 aliphatic carbocycles. The number of hydrogen-bond donors (Lipinski definition) is 1. The van der Waals surface area contributed by atoms with Gasteiger partial charge in [0.1, 0.15) is 0 Å². The van der Waals surface area contributed by atoms with Crippen LogP contribution in [0.4, 0.5) is 0 Å². The Bertz CT molecular complexity index is 841. The number of aryl methyl sites for hydroxylation is 1. The van der Waals surface area contributed by atoms with Gasteiger partial charge in [-0.3, -0.25) is 9.69 Å². The number of H-pyrrole nitrogens is 1. The van der Waals surface area contributed by atoms with Crippen LogP contribution in [-0.4, -0.2) is 35.0 Å². The third-order valence-electron chi connectivity index (χ3n) is 5.13. The molecule has 1 unspecified atom stereocenters. The molecule has 0 spiro atoms. The highest BCUT2D eigenvalue weighted by Crippen LogP contribution is 2.20. The van der Waals surface area contributed by atoms with Crippen molar-refractivity contribution in [1.82, 2.24) is 9.88 Å². The van der Waals surface area contributed by atoms with Gasteiger partial charge in [-0.1, -0.05) is 6.42 Å². The Morgan fingerprint density at radius 3 is 2.88 bits per heavy atom. The monoisotopic (exact) mass is 342 g/mol. The zero-order valence-electron chi connectivity index (χ0n) is 15.2. The normalized spacial score (nSPS) is 18.4. The van der Waals surface area contributed by atoms with E-state index in [2.05, 4.69) is 16.8 Å². The van der Waals surface area contributed by atoms with Gasteiger partial charge in [-0.2, -0.15) is 0 Å². The molecule has 1 aromatic carbocycles. The van der Waals surface area contributed by atoms with E-state index in [1.807, 2.05) is 6.92 Å². The zero-order valence-corrected chi connectivity index (χ0v) is 15.2. The smallest absolute Gasteiger partial charge is 0.338 e. The van der Waals surface area contributed by atoms with Crippen molar-refractivity contribution >= 4 is 16.9 Å². The lowest BCUT2D eigenvalue weighted by Gasteiger charge is -2.33. The first-order valence-corrected chi connectivity index (χ1v) is 9.08. The fourth-order valence-electron chi connectivity index (χ4n) is 3.58. The van der Waals surface area contributed by atoms with Crippen LogP contribution < -0.4 is 5.43 Å². The SMILES string of the molecule is CCOC(=O)c1ccc2[nH]c(C)c(CN3CCCCC3C)c(=O)c2c1. The van der Waals surface area contributed by atoms with Gasteiger partial charge in [-0.15, -0.1) is 0 Å². The molecule has 3 rings (SSSR count). The van der Waals surface area contributed by atoms with E-state index in [0.29, 0.717) is 30.1 Å². The standard InChI is InChI=1S/C20H26N2O3/c1-4-25-20(24)15-8-9-18-16(11-15)19(23)17(14(3)21-18)12-22-10-6-5-7-13(22)2/h8-9,11,13H,4-7,10,12H2,1-3H3,(H,21,23). The topological polar surface area (TPSA) is 62.4 Å². The lowest BCUT2D eigenvalue weighted by molar-refractivity contribution is 0.0526. The van der Waals surface area contributed by atoms with Crippen molar-refractivity contribution in [2.45, 2.75) is 52.6 Å². The molecule has 1 N–H and O–H groups in total. The second-order valence-electron chi connectivity index (χ2n) is 6.85. The second-order valence-corrected chi connectivity index (χ2v) is 6.85. The van der Waals surface area contributed by atoms with Crippen molar-refractivity contribution in [1.29, 1.82) is 0 Å². The molecule has 2 aromatic rings. The molecule has 1 aliphatic rings. The summed E-state index contributed by atoms with van der Waals surface area (Å²) in [6.45, 7) is 7.95. The number of likely N-dealkylation sites (tertiary alicyclic amines) is 1. The van der Waals surface area contributed by atoms with Crippen molar-refractivity contribution < 1.29 is 9.53 Å². The van der Waals surface area contributed by atoms with E-state index in [-0.39, 0.29) is 5.43 Å². The van der Waals surface area contributed by atoms with E-state index >= 15 is 0 Å². The van der Waals surface area contributed by atoms with Crippen LogP contribution in [0.25, 0.3) is 10.9 Å². The minimum atomic E-state index is -0.393. The molecule has 1 aromatic heterocycles. The number of fused-ring (bicyclic) bond motifs is 1. The molecule has 5 nitrogen and oxygen atoms in total. The van der Waals surface area contributed by atoms with Crippen LogP contribution in [0.1, 0.15) is 54.7 Å². The molecular formula is C20H26N2O3. The van der Waals surface area contributed by atoms with Crippen molar-refractivity contribution in [3.05, 3.63) is 45.2 Å². The maximum Gasteiger partial charge on any atom is 0.338 e. The van der Waals surface area contributed by atoms with E-state index in [1.54, 1.807) is 25.1 Å². The molecule has 0 amide bonds. The summed E-state index contributed by atoms with van der Waals surface area (Å²) in [5.74, 6) is -0.393. The summed E-state index contributed by atoms with van der Waals surface area (Å²) in [7, 11) is 0. The van der Waals surface area contributed by atoms with Gasteiger partial charge in [0.15, 0.2) is 5.43 Å². The van der Waals surface area contributed by atoms with Crippen LogP contribution in [0.2, 0.25) is 0 Å². The summed E-state index contributed by atoms with van der Waals surface area (Å²) in [6.07, 6.45) is 3.62. The Kier molecular flexibility index (Phi) is 5.23. The van der Waals surface area contributed by atoms with E-state index in [4.69, 9.17) is 4.74 Å². The number of ether oxygens (including phenoxy) is 1. The lowest BCUT2D eigenvalue weighted by Crippen LogP contribution is -2.38. The number of carbonyl (C=O) groups excluding carboxylic acids is 1. The Morgan fingerprint density at radius 1 is 1.36 bits per heavy atom. The minimum absolute atomic E-state index is 0.00942. The van der Waals surface area contributed by atoms with Gasteiger partial charge in [0, 0.05) is 34.7 Å². The largest absolute Gasteiger partial charge is 0.462 e. The van der Waals surface area contributed by atoms with Crippen molar-refractivity contribution in [3.63, 3.8) is 0 Å². The van der Waals surface area contributed by atoms with Crippen LogP contribution in [0.5, 0.6) is 0 Å². The van der Waals surface area contributed by atoms with Gasteiger partial charge >= 0.3 is 5.97 Å². The third kappa shape index (κ3) is 3.61. The zero-order chi connectivity index (χ0) is 18.0. The van der Waals surface area contributed by atoms with E-state index in [0.717, 1.165) is 23.3 Å². The van der Waals surface area contributed by atoms with Crippen LogP contribution in [0, 0.1) is 6.92 Å². The molecule has 0 radical (unpaired) electrons. The fourth-order valence-corrected chi connectivity index (χ4v) is 3.58. The molecule has 25 heavy (non-hydrogen) atoms. The van der Waals surface area contributed by atoms with E-state index < -0.39 is 5.97 Å². The second kappa shape index (κ2) is 7.40. The molecule has 1 fully saturated rings. The lowest BCUT2D eigenvalue weighted by atomic mass is 10.0. The number of carbonyl (C=O) groups is 1. The van der Waals surface area contributed by atoms with E-state index in [1.165, 1.54) is 19.3 Å². The van der Waals surface area contributed by atoms with Gasteiger partial charge in [0.05, 0.1) is 12.2 Å². The van der Waals surface area contributed by atoms with Gasteiger partial charge in [-0.25, -0.2) is 4.79 Å². The van der Waals surface area contributed by atoms with Crippen molar-refractivity contribution in [2.75, 3.05) is 13.2 Å². The van der Waals surface area contributed by atoms with Crippen LogP contribution in [0.3, 0.4) is 0 Å². The summed E-state index contributed by atoms with van der Waals surface area (Å²) < 4.78 is 5.05. The molecule has 0 bridgehead atoms. The highest BCUT2D eigenvalue weighted by atomic mass is 16.5. The molecule has 134 valence electrons. The van der Waals surface area contributed by atoms with Gasteiger partial charge < -0.3 is 9.72 Å². The number of benzene rings is 1. The first-order chi connectivity index (χ1) is 12.0.